The molecule has 0 atom stereocenters. The number of nitrogens with one attached hydrogen (secondary N) is 1. The molecule has 0 saturated heterocycles. The lowest BCUT2D eigenvalue weighted by Gasteiger charge is -2.15. The Morgan fingerprint density at radius 1 is 0.906 bits per heavy atom. The Morgan fingerprint density at radius 3 is 2.19 bits per heavy atom. The fourth-order valence-electron chi connectivity index (χ4n) is 2.68. The van der Waals surface area contributed by atoms with Gasteiger partial charge < -0.3 is 24.3 Å². The van der Waals surface area contributed by atoms with E-state index in [2.05, 4.69) is 35.1 Å². The van der Waals surface area contributed by atoms with Crippen LogP contribution in [0.15, 0.2) is 42.7 Å². The van der Waals surface area contributed by atoms with E-state index < -0.39 is 0 Å². The van der Waals surface area contributed by atoms with Gasteiger partial charge in [0.05, 0.1) is 18.7 Å². The van der Waals surface area contributed by atoms with Gasteiger partial charge in [0, 0.05) is 36.9 Å². The molecule has 0 amide bonds. The summed E-state index contributed by atoms with van der Waals surface area (Å²) in [7, 11) is 3.25. The van der Waals surface area contributed by atoms with Gasteiger partial charge in [0.2, 0.25) is 0 Å². The summed E-state index contributed by atoms with van der Waals surface area (Å²) in [4.78, 5) is 8.75. The Kier molecular flexibility index (Phi) is 10.8. The monoisotopic (exact) mass is 437 g/mol. The molecular formula is C25H31N3O4. The number of hydrogen-bond donors (Lipinski definition) is 1. The molecule has 0 aliphatic carbocycles. The molecule has 0 spiro atoms. The van der Waals surface area contributed by atoms with E-state index >= 15 is 0 Å². The van der Waals surface area contributed by atoms with E-state index in [0.29, 0.717) is 43.7 Å². The van der Waals surface area contributed by atoms with Gasteiger partial charge in [-0.3, -0.25) is 0 Å². The van der Waals surface area contributed by atoms with Crippen LogP contribution in [0.4, 0.5) is 11.5 Å². The van der Waals surface area contributed by atoms with Crippen molar-refractivity contribution in [2.75, 3.05) is 46.0 Å². The van der Waals surface area contributed by atoms with Gasteiger partial charge in [-0.2, -0.15) is 0 Å². The molecule has 0 aliphatic rings. The lowest BCUT2D eigenvalue weighted by atomic mass is 10.2. The topological polar surface area (TPSA) is 74.7 Å². The Balaban J connectivity index is 0.00000114. The second-order valence-electron chi connectivity index (χ2n) is 6.78. The Morgan fingerprint density at radius 2 is 1.56 bits per heavy atom. The molecular weight excluding hydrogens is 406 g/mol. The van der Waals surface area contributed by atoms with E-state index in [4.69, 9.17) is 25.4 Å². The van der Waals surface area contributed by atoms with Crippen LogP contribution in [0.5, 0.6) is 11.5 Å². The van der Waals surface area contributed by atoms with E-state index in [1.165, 1.54) is 12.7 Å². The van der Waals surface area contributed by atoms with Crippen LogP contribution >= 0.6 is 0 Å². The van der Waals surface area contributed by atoms with Gasteiger partial charge in [-0.25, -0.2) is 9.97 Å². The number of terminal acetylenes is 1. The zero-order valence-electron chi connectivity index (χ0n) is 19.2. The van der Waals surface area contributed by atoms with Crippen molar-refractivity contribution in [2.45, 2.75) is 20.3 Å². The van der Waals surface area contributed by atoms with Gasteiger partial charge in [0.15, 0.2) is 11.5 Å². The van der Waals surface area contributed by atoms with Crippen molar-refractivity contribution in [2.24, 2.45) is 0 Å². The summed E-state index contributed by atoms with van der Waals surface area (Å²) in [6, 6.07) is 11.3. The zero-order chi connectivity index (χ0) is 23.2. The Hall–Kier alpha value is -3.34. The van der Waals surface area contributed by atoms with E-state index in [1.807, 2.05) is 36.4 Å². The average Bonchev–Trinajstić information content (AvgIpc) is 2.80. The zero-order valence-corrected chi connectivity index (χ0v) is 19.2. The van der Waals surface area contributed by atoms with Crippen molar-refractivity contribution in [1.82, 2.24) is 9.97 Å². The van der Waals surface area contributed by atoms with E-state index in [1.54, 1.807) is 14.2 Å². The first-order valence-electron chi connectivity index (χ1n) is 10.5. The molecule has 7 heteroatoms. The first-order valence-corrected chi connectivity index (χ1v) is 10.5. The maximum absolute atomic E-state index is 5.86. The molecule has 1 heterocycles. The highest BCUT2D eigenvalue weighted by atomic mass is 16.5. The van der Waals surface area contributed by atoms with Gasteiger partial charge in [-0.15, -0.1) is 6.42 Å². The third-order valence-electron chi connectivity index (χ3n) is 4.08. The molecule has 0 unspecified atom stereocenters. The van der Waals surface area contributed by atoms with Gasteiger partial charge in [0.1, 0.15) is 25.4 Å². The number of benzene rings is 2. The standard InChI is InChI=1S/C22H23N3O4.C3H8/c1-4-16-6-5-7-17(12-16)25-22-18-13-20(28-10-8-26-2)21(29-11-9-27-3)14-19(18)23-15-24-22;1-3-2/h1,5-7,12-15H,8-11H2,2-3H3,(H,23,24,25);3H2,1-2H3. The summed E-state index contributed by atoms with van der Waals surface area (Å²) in [5.74, 6) is 4.44. The molecule has 0 bridgehead atoms. The lowest BCUT2D eigenvalue weighted by molar-refractivity contribution is 0.132. The van der Waals surface area contributed by atoms with Crippen LogP contribution < -0.4 is 14.8 Å². The number of anilines is 2. The molecule has 0 saturated carbocycles. The largest absolute Gasteiger partial charge is 0.487 e. The summed E-state index contributed by atoms with van der Waals surface area (Å²) >= 11 is 0. The number of nitrogens with zero attached hydrogens (tertiary/aromatic N) is 2. The fourth-order valence-corrected chi connectivity index (χ4v) is 2.68. The number of fused-ring (bicyclic) bond motifs is 1. The molecule has 170 valence electrons. The number of rotatable bonds is 10. The van der Waals surface area contributed by atoms with Crippen LogP contribution in [0.1, 0.15) is 25.8 Å². The molecule has 3 aromatic rings. The number of methoxy groups -OCH3 is 2. The smallest absolute Gasteiger partial charge is 0.163 e. The summed E-state index contributed by atoms with van der Waals surface area (Å²) < 4.78 is 21.8. The predicted octanol–water partition coefficient (Wildman–Crippen LogP) is 4.82. The Labute approximate surface area is 190 Å². The van der Waals surface area contributed by atoms with E-state index in [9.17, 15) is 0 Å². The van der Waals surface area contributed by atoms with Gasteiger partial charge in [-0.1, -0.05) is 32.3 Å². The molecule has 3 rings (SSSR count). The first kappa shape index (κ1) is 24.9. The van der Waals surface area contributed by atoms with Gasteiger partial charge in [-0.05, 0) is 24.3 Å². The molecule has 1 N–H and O–H groups in total. The van der Waals surface area contributed by atoms with Gasteiger partial charge >= 0.3 is 0 Å². The number of ether oxygens (including phenoxy) is 4. The fraction of sp³-hybridized carbons (Fsp3) is 0.360. The Bertz CT molecular complexity index is 1020. The summed E-state index contributed by atoms with van der Waals surface area (Å²) in [6.45, 7) is 5.98. The number of aromatic nitrogens is 2. The maximum atomic E-state index is 5.86. The highest BCUT2D eigenvalue weighted by molar-refractivity contribution is 5.93. The van der Waals surface area contributed by atoms with Crippen LogP contribution in [0.3, 0.4) is 0 Å². The molecule has 0 fully saturated rings. The average molecular weight is 438 g/mol. The summed E-state index contributed by atoms with van der Waals surface area (Å²) in [5.41, 5.74) is 2.34. The van der Waals surface area contributed by atoms with E-state index in [0.717, 1.165) is 22.2 Å². The van der Waals surface area contributed by atoms with Crippen molar-refractivity contribution < 1.29 is 18.9 Å². The maximum Gasteiger partial charge on any atom is 0.163 e. The van der Waals surface area contributed by atoms with Crippen LogP contribution in [-0.4, -0.2) is 50.6 Å². The quantitative estimate of drug-likeness (QED) is 0.360. The minimum atomic E-state index is 0.392. The summed E-state index contributed by atoms with van der Waals surface area (Å²) in [6.07, 6.45) is 8.24. The predicted molar refractivity (Wildman–Crippen MR) is 128 cm³/mol. The van der Waals surface area contributed by atoms with Crippen LogP contribution in [-0.2, 0) is 9.47 Å². The van der Waals surface area contributed by atoms with Crippen molar-refractivity contribution in [1.29, 1.82) is 0 Å². The molecule has 1 aromatic heterocycles. The molecule has 7 nitrogen and oxygen atoms in total. The second kappa shape index (κ2) is 13.9. The van der Waals surface area contributed by atoms with Crippen molar-refractivity contribution in [3.05, 3.63) is 48.3 Å². The molecule has 0 aliphatic heterocycles. The van der Waals surface area contributed by atoms with Crippen LogP contribution in [0, 0.1) is 12.3 Å². The summed E-state index contributed by atoms with van der Waals surface area (Å²) in [5, 5.41) is 4.10. The first-order chi connectivity index (χ1) is 15.7. The number of hydrogen-bond acceptors (Lipinski definition) is 7. The SMILES string of the molecule is C#Cc1cccc(Nc2ncnc3cc(OCCOC)c(OCCOC)cc23)c1.CCC. The minimum Gasteiger partial charge on any atom is -0.487 e. The molecule has 32 heavy (non-hydrogen) atoms. The highest BCUT2D eigenvalue weighted by Gasteiger charge is 2.13. The molecule has 2 aromatic carbocycles. The van der Waals surface area contributed by atoms with Crippen molar-refractivity contribution >= 4 is 22.4 Å². The van der Waals surface area contributed by atoms with Crippen molar-refractivity contribution in [3.63, 3.8) is 0 Å². The van der Waals surface area contributed by atoms with E-state index in [-0.39, 0.29) is 0 Å². The minimum absolute atomic E-state index is 0.392. The lowest BCUT2D eigenvalue weighted by Crippen LogP contribution is -2.09. The molecule has 0 radical (unpaired) electrons. The third-order valence-corrected chi connectivity index (χ3v) is 4.08. The highest BCUT2D eigenvalue weighted by Crippen LogP contribution is 2.35. The second-order valence-corrected chi connectivity index (χ2v) is 6.78. The van der Waals surface area contributed by atoms with Crippen LogP contribution in [0.25, 0.3) is 10.9 Å². The van der Waals surface area contributed by atoms with Crippen LogP contribution in [0.2, 0.25) is 0 Å². The van der Waals surface area contributed by atoms with Gasteiger partial charge in [0.25, 0.3) is 0 Å². The normalized spacial score (nSPS) is 10.1. The third kappa shape index (κ3) is 7.41. The van der Waals surface area contributed by atoms with Crippen molar-refractivity contribution in [3.8, 4) is 23.8 Å².